The first kappa shape index (κ1) is 15.1. The number of nitrogens with two attached hydrogens (primary N) is 1. The Balaban J connectivity index is 2.17. The van der Waals surface area contributed by atoms with E-state index in [1.807, 2.05) is 5.38 Å². The fourth-order valence-corrected chi connectivity index (χ4v) is 2.45. The second-order valence-electron chi connectivity index (χ2n) is 5.81. The molecule has 0 aliphatic heterocycles. The van der Waals surface area contributed by atoms with Crippen molar-refractivity contribution in [1.29, 1.82) is 0 Å². The summed E-state index contributed by atoms with van der Waals surface area (Å²) in [5, 5.41) is 4.88. The van der Waals surface area contributed by atoms with Gasteiger partial charge in [0.05, 0.1) is 11.2 Å². The van der Waals surface area contributed by atoms with Gasteiger partial charge in [0.1, 0.15) is 0 Å². The number of hydrogen-bond donors (Lipinski definition) is 2. The summed E-state index contributed by atoms with van der Waals surface area (Å²) in [7, 11) is 0. The number of nitrogens with zero attached hydrogens (tertiary/aromatic N) is 1. The van der Waals surface area contributed by atoms with Gasteiger partial charge in [-0.2, -0.15) is 0 Å². The Morgan fingerprint density at radius 2 is 2.28 bits per heavy atom. The molecule has 0 fully saturated rings. The van der Waals surface area contributed by atoms with Crippen LogP contribution in [0.2, 0.25) is 0 Å². The minimum absolute atomic E-state index is 0.0296. The predicted molar refractivity (Wildman–Crippen MR) is 75.5 cm³/mol. The van der Waals surface area contributed by atoms with Gasteiger partial charge in [-0.15, -0.1) is 11.3 Å². The normalized spacial score (nSPS) is 13.3. The predicted octanol–water partition coefficient (Wildman–Crippen LogP) is 1.96. The smallest absolute Gasteiger partial charge is 0.221 e. The molecule has 1 amide bonds. The monoisotopic (exact) mass is 269 g/mol. The highest BCUT2D eigenvalue weighted by Crippen LogP contribution is 2.20. The van der Waals surface area contributed by atoms with Gasteiger partial charge in [-0.1, -0.05) is 20.8 Å². The molecule has 0 aliphatic carbocycles. The molecule has 0 saturated heterocycles. The molecule has 0 saturated carbocycles. The molecule has 1 aromatic heterocycles. The standard InChI is InChI=1S/C13H23N3OS/c1-13(2,3)7-10(14)6-12(17)15-5-4-11-8-18-9-16-11/h8-10H,4-7,14H2,1-3H3,(H,15,17). The van der Waals surface area contributed by atoms with Gasteiger partial charge in [-0.3, -0.25) is 4.79 Å². The number of hydrogen-bond acceptors (Lipinski definition) is 4. The maximum Gasteiger partial charge on any atom is 0.221 e. The molecule has 3 N–H and O–H groups in total. The molecule has 1 atom stereocenters. The maximum atomic E-state index is 11.7. The lowest BCUT2D eigenvalue weighted by atomic mass is 9.87. The molecule has 0 aliphatic rings. The summed E-state index contributed by atoms with van der Waals surface area (Å²) in [4.78, 5) is 15.8. The fourth-order valence-electron chi connectivity index (χ4n) is 1.86. The van der Waals surface area contributed by atoms with Crippen LogP contribution in [-0.4, -0.2) is 23.5 Å². The van der Waals surface area contributed by atoms with Crippen molar-refractivity contribution in [3.05, 3.63) is 16.6 Å². The van der Waals surface area contributed by atoms with Crippen LogP contribution in [-0.2, 0) is 11.2 Å². The van der Waals surface area contributed by atoms with E-state index in [0.29, 0.717) is 13.0 Å². The van der Waals surface area contributed by atoms with Crippen LogP contribution in [0.5, 0.6) is 0 Å². The molecule has 1 heterocycles. The van der Waals surface area contributed by atoms with Gasteiger partial charge in [0, 0.05) is 30.8 Å². The van der Waals surface area contributed by atoms with Crippen LogP contribution >= 0.6 is 11.3 Å². The SMILES string of the molecule is CC(C)(C)CC(N)CC(=O)NCCc1cscn1. The lowest BCUT2D eigenvalue weighted by Gasteiger charge is -2.22. The van der Waals surface area contributed by atoms with E-state index in [0.717, 1.165) is 18.5 Å². The van der Waals surface area contributed by atoms with Crippen molar-refractivity contribution in [3.63, 3.8) is 0 Å². The molecule has 18 heavy (non-hydrogen) atoms. The number of carbonyl (C=O) groups excluding carboxylic acids is 1. The van der Waals surface area contributed by atoms with E-state index in [1.165, 1.54) is 0 Å². The molecular formula is C13H23N3OS. The highest BCUT2D eigenvalue weighted by atomic mass is 32.1. The lowest BCUT2D eigenvalue weighted by Crippen LogP contribution is -2.35. The van der Waals surface area contributed by atoms with Crippen LogP contribution in [0, 0.1) is 5.41 Å². The Kier molecular flexibility index (Phi) is 5.75. The van der Waals surface area contributed by atoms with E-state index >= 15 is 0 Å². The summed E-state index contributed by atoms with van der Waals surface area (Å²) >= 11 is 1.57. The summed E-state index contributed by atoms with van der Waals surface area (Å²) in [6.07, 6.45) is 2.03. The Bertz CT molecular complexity index is 357. The average molecular weight is 269 g/mol. The average Bonchev–Trinajstić information content (AvgIpc) is 2.66. The topological polar surface area (TPSA) is 68.0 Å². The molecule has 102 valence electrons. The van der Waals surface area contributed by atoms with E-state index in [-0.39, 0.29) is 17.4 Å². The molecule has 0 spiro atoms. The van der Waals surface area contributed by atoms with Crippen molar-refractivity contribution in [2.45, 2.75) is 46.1 Å². The van der Waals surface area contributed by atoms with Crippen LogP contribution < -0.4 is 11.1 Å². The third kappa shape index (κ3) is 6.71. The quantitative estimate of drug-likeness (QED) is 0.829. The van der Waals surface area contributed by atoms with Crippen LogP contribution in [0.15, 0.2) is 10.9 Å². The van der Waals surface area contributed by atoms with E-state index in [1.54, 1.807) is 16.8 Å². The van der Waals surface area contributed by atoms with Gasteiger partial charge in [0.2, 0.25) is 5.91 Å². The number of rotatable bonds is 6. The minimum atomic E-state index is -0.0655. The first-order valence-electron chi connectivity index (χ1n) is 6.26. The second-order valence-corrected chi connectivity index (χ2v) is 6.53. The maximum absolute atomic E-state index is 11.7. The van der Waals surface area contributed by atoms with E-state index in [4.69, 9.17) is 5.73 Å². The summed E-state index contributed by atoms with van der Waals surface area (Å²) in [6.45, 7) is 7.03. The minimum Gasteiger partial charge on any atom is -0.356 e. The van der Waals surface area contributed by atoms with Crippen LogP contribution in [0.4, 0.5) is 0 Å². The Morgan fingerprint density at radius 1 is 1.56 bits per heavy atom. The second kappa shape index (κ2) is 6.85. The van der Waals surface area contributed by atoms with Crippen LogP contribution in [0.25, 0.3) is 0 Å². The van der Waals surface area contributed by atoms with E-state index < -0.39 is 0 Å². The van der Waals surface area contributed by atoms with Crippen LogP contribution in [0.1, 0.15) is 39.3 Å². The van der Waals surface area contributed by atoms with Crippen LogP contribution in [0.3, 0.4) is 0 Å². The molecule has 1 unspecified atom stereocenters. The molecule has 0 bridgehead atoms. The summed E-state index contributed by atoms with van der Waals surface area (Å²) < 4.78 is 0. The highest BCUT2D eigenvalue weighted by molar-refractivity contribution is 7.07. The first-order chi connectivity index (χ1) is 8.37. The zero-order valence-electron chi connectivity index (χ0n) is 11.4. The number of carbonyl (C=O) groups is 1. The van der Waals surface area contributed by atoms with Crippen molar-refractivity contribution in [1.82, 2.24) is 10.3 Å². The van der Waals surface area contributed by atoms with Gasteiger partial charge >= 0.3 is 0 Å². The van der Waals surface area contributed by atoms with Gasteiger partial charge in [-0.05, 0) is 11.8 Å². The summed E-state index contributed by atoms with van der Waals surface area (Å²) in [5.41, 5.74) is 8.95. The molecule has 1 rings (SSSR count). The third-order valence-electron chi connectivity index (χ3n) is 2.51. The van der Waals surface area contributed by atoms with Crippen molar-refractivity contribution in [2.75, 3.05) is 6.54 Å². The Morgan fingerprint density at radius 3 is 2.83 bits per heavy atom. The van der Waals surface area contributed by atoms with E-state index in [2.05, 4.69) is 31.1 Å². The van der Waals surface area contributed by atoms with E-state index in [9.17, 15) is 4.79 Å². The zero-order valence-corrected chi connectivity index (χ0v) is 12.2. The fraction of sp³-hybridized carbons (Fsp3) is 0.692. The third-order valence-corrected chi connectivity index (χ3v) is 3.14. The van der Waals surface area contributed by atoms with Crippen molar-refractivity contribution in [3.8, 4) is 0 Å². The first-order valence-corrected chi connectivity index (χ1v) is 7.20. The van der Waals surface area contributed by atoms with Gasteiger partial charge in [0.15, 0.2) is 0 Å². The van der Waals surface area contributed by atoms with Crippen molar-refractivity contribution < 1.29 is 4.79 Å². The Labute approximate surface area is 113 Å². The van der Waals surface area contributed by atoms with Gasteiger partial charge in [-0.25, -0.2) is 4.98 Å². The van der Waals surface area contributed by atoms with Gasteiger partial charge in [0.25, 0.3) is 0 Å². The zero-order chi connectivity index (χ0) is 13.6. The molecule has 4 nitrogen and oxygen atoms in total. The summed E-state index contributed by atoms with van der Waals surface area (Å²) in [5.74, 6) is 0.0296. The lowest BCUT2D eigenvalue weighted by molar-refractivity contribution is -0.121. The summed E-state index contributed by atoms with van der Waals surface area (Å²) in [6, 6.07) is -0.0655. The molecule has 0 radical (unpaired) electrons. The van der Waals surface area contributed by atoms with Crippen molar-refractivity contribution >= 4 is 17.2 Å². The molecule has 5 heteroatoms. The van der Waals surface area contributed by atoms with Crippen molar-refractivity contribution in [2.24, 2.45) is 11.1 Å². The number of thiazole rings is 1. The molecular weight excluding hydrogens is 246 g/mol. The number of aromatic nitrogens is 1. The molecule has 0 aromatic carbocycles. The molecule has 1 aromatic rings. The highest BCUT2D eigenvalue weighted by Gasteiger charge is 2.17. The largest absolute Gasteiger partial charge is 0.356 e. The van der Waals surface area contributed by atoms with Gasteiger partial charge < -0.3 is 11.1 Å². The number of amides is 1. The number of nitrogens with one attached hydrogen (secondary N) is 1. The Hall–Kier alpha value is -0.940.